The Bertz CT molecular complexity index is 830. The minimum Gasteiger partial charge on any atom is -0.477 e. The molecule has 0 atom stereocenters. The first-order chi connectivity index (χ1) is 11.3. The Labute approximate surface area is 136 Å². The van der Waals surface area contributed by atoms with E-state index in [1.54, 1.807) is 23.5 Å². The molecule has 126 valence electrons. The molecule has 1 aliphatic heterocycles. The van der Waals surface area contributed by atoms with Crippen molar-refractivity contribution in [1.82, 2.24) is 0 Å². The maximum absolute atomic E-state index is 12.4. The summed E-state index contributed by atoms with van der Waals surface area (Å²) in [6.07, 6.45) is -5.11. The summed E-state index contributed by atoms with van der Waals surface area (Å²) in [4.78, 5) is 22.2. The average molecular weight is 359 g/mol. The molecule has 10 heteroatoms. The van der Waals surface area contributed by atoms with Crippen molar-refractivity contribution in [1.29, 1.82) is 0 Å². The second kappa shape index (κ2) is 5.71. The zero-order chi connectivity index (χ0) is 17.5. The predicted molar refractivity (Wildman–Crippen MR) is 77.5 cm³/mol. The average Bonchev–Trinajstić information content (AvgIpc) is 3.11. The van der Waals surface area contributed by atoms with Crippen LogP contribution in [0, 0.1) is 0 Å². The summed E-state index contributed by atoms with van der Waals surface area (Å²) in [5.41, 5.74) is 0.113. The van der Waals surface area contributed by atoms with E-state index in [0.29, 0.717) is 21.9 Å². The highest BCUT2D eigenvalue weighted by Gasteiger charge is 2.39. The lowest BCUT2D eigenvalue weighted by Crippen LogP contribution is -2.30. The third kappa shape index (κ3) is 3.00. The topological polar surface area (TPSA) is 84.9 Å². The third-order valence-electron chi connectivity index (χ3n) is 3.09. The normalized spacial score (nSPS) is 13.0. The minimum atomic E-state index is -5.11. The molecule has 1 aromatic carbocycles. The number of hydrogen-bond acceptors (Lipinski definition) is 5. The SMILES string of the molecule is O=C(O)c1sc(-c2ccc3c(c2)OCO3)cc1NC(=O)C(F)(F)F. The molecule has 1 aliphatic rings. The van der Waals surface area contributed by atoms with E-state index in [1.165, 1.54) is 6.07 Å². The third-order valence-corrected chi connectivity index (χ3v) is 4.26. The van der Waals surface area contributed by atoms with Crippen LogP contribution in [0.25, 0.3) is 10.4 Å². The van der Waals surface area contributed by atoms with E-state index in [-0.39, 0.29) is 6.79 Å². The molecule has 0 bridgehead atoms. The summed E-state index contributed by atoms with van der Waals surface area (Å²) in [6, 6.07) is 5.97. The number of hydrogen-bond donors (Lipinski definition) is 2. The second-order valence-corrected chi connectivity index (χ2v) is 5.73. The van der Waals surface area contributed by atoms with E-state index in [1.807, 2.05) is 0 Å². The number of carboxylic acid groups (broad SMARTS) is 1. The van der Waals surface area contributed by atoms with Crippen LogP contribution in [-0.4, -0.2) is 30.0 Å². The van der Waals surface area contributed by atoms with Crippen LogP contribution in [0.4, 0.5) is 18.9 Å². The van der Waals surface area contributed by atoms with E-state index < -0.39 is 28.6 Å². The molecule has 0 spiro atoms. The molecule has 3 rings (SSSR count). The van der Waals surface area contributed by atoms with Crippen LogP contribution in [0.15, 0.2) is 24.3 Å². The standard InChI is InChI=1S/C14H8F3NO5S/c15-14(16,17)13(21)18-7-4-10(24-11(7)12(19)20)6-1-2-8-9(3-6)23-5-22-8/h1-4H,5H2,(H,18,21)(H,19,20). The van der Waals surface area contributed by atoms with Crippen molar-refractivity contribution in [2.24, 2.45) is 0 Å². The number of benzene rings is 1. The molecule has 24 heavy (non-hydrogen) atoms. The Morgan fingerprint density at radius 2 is 1.88 bits per heavy atom. The number of rotatable bonds is 3. The lowest BCUT2D eigenvalue weighted by molar-refractivity contribution is -0.167. The number of thiophene rings is 1. The lowest BCUT2D eigenvalue weighted by atomic mass is 10.1. The van der Waals surface area contributed by atoms with E-state index in [9.17, 15) is 22.8 Å². The van der Waals surface area contributed by atoms with Gasteiger partial charge in [-0.05, 0) is 29.8 Å². The molecular formula is C14H8F3NO5S. The van der Waals surface area contributed by atoms with E-state index in [2.05, 4.69) is 0 Å². The number of carboxylic acids is 1. The maximum atomic E-state index is 12.4. The second-order valence-electron chi connectivity index (χ2n) is 4.68. The quantitative estimate of drug-likeness (QED) is 0.878. The number of carbonyl (C=O) groups is 2. The molecular weight excluding hydrogens is 351 g/mol. The Hall–Kier alpha value is -2.75. The largest absolute Gasteiger partial charge is 0.477 e. The summed E-state index contributed by atoms with van der Waals surface area (Å²) < 4.78 is 47.4. The fourth-order valence-electron chi connectivity index (χ4n) is 2.03. The highest BCUT2D eigenvalue weighted by atomic mass is 32.1. The van der Waals surface area contributed by atoms with Crippen LogP contribution < -0.4 is 14.8 Å². The summed E-state index contributed by atoms with van der Waals surface area (Å²) in [6.45, 7) is 0.0521. The molecule has 0 saturated heterocycles. The first-order valence-corrected chi connectivity index (χ1v) is 7.22. The molecule has 2 aromatic rings. The monoisotopic (exact) mass is 359 g/mol. The van der Waals surface area contributed by atoms with E-state index in [0.717, 1.165) is 11.3 Å². The molecule has 0 fully saturated rings. The first kappa shape index (κ1) is 16.1. The number of anilines is 1. The van der Waals surface area contributed by atoms with Crippen molar-refractivity contribution in [2.75, 3.05) is 12.1 Å². The molecule has 0 saturated carbocycles. The molecule has 6 nitrogen and oxygen atoms in total. The minimum absolute atomic E-state index is 0.0521. The number of carbonyl (C=O) groups excluding carboxylic acids is 1. The zero-order valence-corrected chi connectivity index (χ0v) is 12.5. The Morgan fingerprint density at radius 1 is 1.17 bits per heavy atom. The summed E-state index contributed by atoms with van der Waals surface area (Å²) in [5.74, 6) is -2.72. The Kier molecular flexibility index (Phi) is 3.84. The molecule has 2 heterocycles. The summed E-state index contributed by atoms with van der Waals surface area (Å²) in [7, 11) is 0. The fourth-order valence-corrected chi connectivity index (χ4v) is 2.98. The molecule has 1 aromatic heterocycles. The number of alkyl halides is 3. The summed E-state index contributed by atoms with van der Waals surface area (Å²) >= 11 is 0.741. The van der Waals surface area contributed by atoms with Gasteiger partial charge in [0.2, 0.25) is 6.79 Å². The van der Waals surface area contributed by atoms with Gasteiger partial charge >= 0.3 is 18.1 Å². The summed E-state index contributed by atoms with van der Waals surface area (Å²) in [5, 5.41) is 10.7. The molecule has 0 radical (unpaired) electrons. The van der Waals surface area contributed by atoms with Crippen molar-refractivity contribution in [3.05, 3.63) is 29.1 Å². The Balaban J connectivity index is 1.97. The van der Waals surface area contributed by atoms with Crippen LogP contribution in [0.3, 0.4) is 0 Å². The van der Waals surface area contributed by atoms with Gasteiger partial charge in [-0.25, -0.2) is 4.79 Å². The van der Waals surface area contributed by atoms with Gasteiger partial charge in [-0.2, -0.15) is 13.2 Å². The number of fused-ring (bicyclic) bond motifs is 1. The van der Waals surface area contributed by atoms with Gasteiger partial charge in [0.15, 0.2) is 11.5 Å². The van der Waals surface area contributed by atoms with Crippen LogP contribution >= 0.6 is 11.3 Å². The van der Waals surface area contributed by atoms with Gasteiger partial charge in [-0.1, -0.05) is 0 Å². The predicted octanol–water partition coefficient (Wildman–Crippen LogP) is 3.34. The number of amides is 1. The van der Waals surface area contributed by atoms with Crippen molar-refractivity contribution in [3.63, 3.8) is 0 Å². The van der Waals surface area contributed by atoms with Gasteiger partial charge in [0.1, 0.15) is 4.88 Å². The number of nitrogens with one attached hydrogen (secondary N) is 1. The van der Waals surface area contributed by atoms with Crippen molar-refractivity contribution >= 4 is 28.9 Å². The van der Waals surface area contributed by atoms with Crippen LogP contribution in [0.5, 0.6) is 11.5 Å². The van der Waals surface area contributed by atoms with Crippen molar-refractivity contribution < 1.29 is 37.3 Å². The molecule has 0 unspecified atom stereocenters. The van der Waals surface area contributed by atoms with Crippen LogP contribution in [-0.2, 0) is 4.79 Å². The zero-order valence-electron chi connectivity index (χ0n) is 11.6. The Morgan fingerprint density at radius 3 is 2.54 bits per heavy atom. The maximum Gasteiger partial charge on any atom is 0.471 e. The van der Waals surface area contributed by atoms with E-state index in [4.69, 9.17) is 14.6 Å². The highest BCUT2D eigenvalue weighted by Crippen LogP contribution is 2.40. The number of ether oxygens (including phenoxy) is 2. The smallest absolute Gasteiger partial charge is 0.471 e. The van der Waals surface area contributed by atoms with E-state index >= 15 is 0 Å². The van der Waals surface area contributed by atoms with Crippen LogP contribution in [0.1, 0.15) is 9.67 Å². The molecule has 2 N–H and O–H groups in total. The highest BCUT2D eigenvalue weighted by molar-refractivity contribution is 7.18. The van der Waals surface area contributed by atoms with Gasteiger partial charge in [0, 0.05) is 4.88 Å². The van der Waals surface area contributed by atoms with Gasteiger partial charge in [0.25, 0.3) is 0 Å². The first-order valence-electron chi connectivity index (χ1n) is 6.41. The van der Waals surface area contributed by atoms with Crippen molar-refractivity contribution in [2.45, 2.75) is 6.18 Å². The van der Waals surface area contributed by atoms with Gasteiger partial charge in [-0.3, -0.25) is 4.79 Å². The molecule has 0 aliphatic carbocycles. The van der Waals surface area contributed by atoms with Gasteiger partial charge in [0.05, 0.1) is 5.69 Å². The van der Waals surface area contributed by atoms with Crippen molar-refractivity contribution in [3.8, 4) is 21.9 Å². The lowest BCUT2D eigenvalue weighted by Gasteiger charge is -2.06. The number of aromatic carboxylic acids is 1. The van der Waals surface area contributed by atoms with Crippen LogP contribution in [0.2, 0.25) is 0 Å². The number of halogens is 3. The molecule has 1 amide bonds. The van der Waals surface area contributed by atoms with Gasteiger partial charge in [-0.15, -0.1) is 11.3 Å². The van der Waals surface area contributed by atoms with Gasteiger partial charge < -0.3 is 19.9 Å². The fraction of sp³-hybridized carbons (Fsp3) is 0.143.